The minimum absolute atomic E-state index is 0.276. The van der Waals surface area contributed by atoms with Gasteiger partial charge in [0, 0.05) is 0 Å². The van der Waals surface area contributed by atoms with Crippen molar-refractivity contribution in [3.63, 3.8) is 0 Å². The predicted octanol–water partition coefficient (Wildman–Crippen LogP) is 1.40. The van der Waals surface area contributed by atoms with Crippen LogP contribution in [0.3, 0.4) is 0 Å². The molecule has 1 aliphatic rings. The topological polar surface area (TPSA) is 66.4 Å². The summed E-state index contributed by atoms with van der Waals surface area (Å²) in [7, 11) is 0. The van der Waals surface area contributed by atoms with Gasteiger partial charge in [0.05, 0.1) is 4.88 Å². The summed E-state index contributed by atoms with van der Waals surface area (Å²) in [4.78, 5) is 23.2. The summed E-state index contributed by atoms with van der Waals surface area (Å²) < 4.78 is 0. The molecule has 1 saturated carbocycles. The van der Waals surface area contributed by atoms with Gasteiger partial charge in [-0.3, -0.25) is 4.79 Å². The van der Waals surface area contributed by atoms with E-state index in [4.69, 9.17) is 5.11 Å². The monoisotopic (exact) mass is 225 g/mol. The number of aryl methyl sites for hydroxylation is 1. The summed E-state index contributed by atoms with van der Waals surface area (Å²) in [6.45, 7) is 1.84. The number of aliphatic carboxylic acids is 1. The van der Waals surface area contributed by atoms with Crippen molar-refractivity contribution >= 4 is 23.2 Å². The summed E-state index contributed by atoms with van der Waals surface area (Å²) in [5.74, 6) is -1.22. The summed E-state index contributed by atoms with van der Waals surface area (Å²) >= 11 is 1.33. The second kappa shape index (κ2) is 3.34. The van der Waals surface area contributed by atoms with Crippen LogP contribution in [0.5, 0.6) is 0 Å². The van der Waals surface area contributed by atoms with Crippen molar-refractivity contribution in [3.8, 4) is 0 Å². The molecule has 4 nitrogen and oxygen atoms in total. The third kappa shape index (κ3) is 1.74. The largest absolute Gasteiger partial charge is 0.480 e. The van der Waals surface area contributed by atoms with Gasteiger partial charge in [0.15, 0.2) is 0 Å². The minimum atomic E-state index is -0.993. The summed E-state index contributed by atoms with van der Waals surface area (Å²) in [6.07, 6.45) is 1.05. The first-order valence-corrected chi connectivity index (χ1v) is 5.53. The Morgan fingerprint density at radius 1 is 1.53 bits per heavy atom. The average molecular weight is 225 g/mol. The molecule has 0 aromatic carbocycles. The van der Waals surface area contributed by atoms with E-state index in [1.165, 1.54) is 11.3 Å². The normalized spacial score (nSPS) is 17.1. The fourth-order valence-corrected chi connectivity index (χ4v) is 2.22. The molecule has 0 unspecified atom stereocenters. The molecule has 1 amide bonds. The van der Waals surface area contributed by atoms with Crippen LogP contribution >= 0.6 is 11.3 Å². The highest BCUT2D eigenvalue weighted by Gasteiger charge is 2.51. The number of amides is 1. The van der Waals surface area contributed by atoms with Crippen molar-refractivity contribution in [2.24, 2.45) is 0 Å². The second-order valence-corrected chi connectivity index (χ2v) is 4.69. The number of hydrogen-bond donors (Lipinski definition) is 2. The molecular formula is C10H11NO3S. The molecule has 80 valence electrons. The number of rotatable bonds is 3. The van der Waals surface area contributed by atoms with Crippen LogP contribution < -0.4 is 5.32 Å². The number of carbonyl (C=O) groups is 2. The van der Waals surface area contributed by atoms with Crippen LogP contribution in [-0.2, 0) is 4.79 Å². The molecule has 15 heavy (non-hydrogen) atoms. The van der Waals surface area contributed by atoms with Gasteiger partial charge in [-0.2, -0.15) is 0 Å². The highest BCUT2D eigenvalue weighted by molar-refractivity contribution is 7.12. The van der Waals surface area contributed by atoms with E-state index in [0.717, 1.165) is 5.56 Å². The molecule has 5 heteroatoms. The molecule has 1 aromatic heterocycles. The lowest BCUT2D eigenvalue weighted by atomic mass is 10.2. The van der Waals surface area contributed by atoms with Crippen LogP contribution in [0.1, 0.15) is 28.1 Å². The van der Waals surface area contributed by atoms with Gasteiger partial charge < -0.3 is 10.4 Å². The lowest BCUT2D eigenvalue weighted by Gasteiger charge is -2.11. The Balaban J connectivity index is 2.11. The third-order valence-electron chi connectivity index (χ3n) is 2.58. The van der Waals surface area contributed by atoms with E-state index in [0.29, 0.717) is 17.7 Å². The molecular weight excluding hydrogens is 214 g/mol. The van der Waals surface area contributed by atoms with Gasteiger partial charge >= 0.3 is 5.97 Å². The quantitative estimate of drug-likeness (QED) is 0.817. The average Bonchev–Trinajstić information content (AvgIpc) is 2.82. The number of nitrogens with one attached hydrogen (secondary N) is 1. The summed E-state index contributed by atoms with van der Waals surface area (Å²) in [5, 5.41) is 13.3. The molecule has 0 aliphatic heterocycles. The van der Waals surface area contributed by atoms with Crippen molar-refractivity contribution in [2.75, 3.05) is 0 Å². The Kier molecular flexibility index (Phi) is 2.26. The third-order valence-corrected chi connectivity index (χ3v) is 3.60. The Morgan fingerprint density at radius 3 is 2.60 bits per heavy atom. The van der Waals surface area contributed by atoms with E-state index in [-0.39, 0.29) is 5.91 Å². The number of carboxylic acids is 1. The first kappa shape index (κ1) is 10.2. The van der Waals surface area contributed by atoms with Crippen LogP contribution in [0.15, 0.2) is 11.4 Å². The molecule has 1 heterocycles. The van der Waals surface area contributed by atoms with Crippen LogP contribution in [0.4, 0.5) is 0 Å². The number of hydrogen-bond acceptors (Lipinski definition) is 3. The van der Waals surface area contributed by atoms with Gasteiger partial charge in [0.1, 0.15) is 5.54 Å². The van der Waals surface area contributed by atoms with Crippen molar-refractivity contribution in [3.05, 3.63) is 21.9 Å². The first-order valence-electron chi connectivity index (χ1n) is 4.65. The first-order chi connectivity index (χ1) is 7.05. The minimum Gasteiger partial charge on any atom is -0.480 e. The van der Waals surface area contributed by atoms with Crippen LogP contribution in [-0.4, -0.2) is 22.5 Å². The van der Waals surface area contributed by atoms with Gasteiger partial charge in [-0.15, -0.1) is 11.3 Å². The number of thiophene rings is 1. The van der Waals surface area contributed by atoms with E-state index < -0.39 is 11.5 Å². The van der Waals surface area contributed by atoms with E-state index >= 15 is 0 Å². The van der Waals surface area contributed by atoms with E-state index in [2.05, 4.69) is 5.32 Å². The highest BCUT2D eigenvalue weighted by atomic mass is 32.1. The van der Waals surface area contributed by atoms with Crippen LogP contribution in [0.2, 0.25) is 0 Å². The molecule has 0 saturated heterocycles. The fourth-order valence-electron chi connectivity index (χ4n) is 1.40. The maximum absolute atomic E-state index is 11.7. The van der Waals surface area contributed by atoms with Gasteiger partial charge in [-0.1, -0.05) is 0 Å². The Bertz CT molecular complexity index is 420. The van der Waals surface area contributed by atoms with Crippen molar-refractivity contribution in [2.45, 2.75) is 25.3 Å². The molecule has 0 spiro atoms. The molecule has 0 atom stereocenters. The number of carbonyl (C=O) groups excluding carboxylic acids is 1. The molecule has 1 aliphatic carbocycles. The zero-order valence-corrected chi connectivity index (χ0v) is 9.06. The molecule has 0 bridgehead atoms. The van der Waals surface area contributed by atoms with Crippen LogP contribution in [0.25, 0.3) is 0 Å². The maximum atomic E-state index is 11.7. The highest BCUT2D eigenvalue weighted by Crippen LogP contribution is 2.36. The lowest BCUT2D eigenvalue weighted by molar-refractivity contribution is -0.140. The zero-order valence-electron chi connectivity index (χ0n) is 8.24. The van der Waals surface area contributed by atoms with Gasteiger partial charge in [0.2, 0.25) is 0 Å². The van der Waals surface area contributed by atoms with E-state index in [1.54, 1.807) is 0 Å². The van der Waals surface area contributed by atoms with Crippen molar-refractivity contribution in [1.29, 1.82) is 0 Å². The Labute approximate surface area is 90.9 Å². The second-order valence-electron chi connectivity index (χ2n) is 3.77. The standard InChI is InChI=1S/C10H11NO3S/c1-6-2-5-15-7(6)8(12)11-10(3-4-10)9(13)14/h2,5H,3-4H2,1H3,(H,11,12)(H,13,14). The summed E-state index contributed by atoms with van der Waals surface area (Å²) in [6, 6.07) is 1.85. The van der Waals surface area contributed by atoms with Crippen molar-refractivity contribution in [1.82, 2.24) is 5.32 Å². The molecule has 2 rings (SSSR count). The maximum Gasteiger partial charge on any atom is 0.329 e. The van der Waals surface area contributed by atoms with Gasteiger partial charge in [0.25, 0.3) is 5.91 Å². The van der Waals surface area contributed by atoms with E-state index in [9.17, 15) is 9.59 Å². The molecule has 1 aromatic rings. The van der Waals surface area contributed by atoms with Crippen molar-refractivity contribution < 1.29 is 14.7 Å². The smallest absolute Gasteiger partial charge is 0.329 e. The zero-order chi connectivity index (χ0) is 11.1. The summed E-state index contributed by atoms with van der Waals surface area (Å²) in [5.41, 5.74) is -0.105. The SMILES string of the molecule is Cc1ccsc1C(=O)NC1(C(=O)O)CC1. The van der Waals surface area contributed by atoms with Gasteiger partial charge in [-0.25, -0.2) is 4.79 Å². The van der Waals surface area contributed by atoms with Gasteiger partial charge in [-0.05, 0) is 36.8 Å². The molecule has 1 fully saturated rings. The fraction of sp³-hybridized carbons (Fsp3) is 0.400. The molecule has 2 N–H and O–H groups in total. The number of carboxylic acid groups (broad SMARTS) is 1. The Hall–Kier alpha value is -1.36. The predicted molar refractivity (Wildman–Crippen MR) is 56.1 cm³/mol. The Morgan fingerprint density at radius 2 is 2.20 bits per heavy atom. The van der Waals surface area contributed by atoms with Crippen LogP contribution in [0, 0.1) is 6.92 Å². The molecule has 0 radical (unpaired) electrons. The lowest BCUT2D eigenvalue weighted by Crippen LogP contribution is -2.42. The van der Waals surface area contributed by atoms with E-state index in [1.807, 2.05) is 18.4 Å².